The summed E-state index contributed by atoms with van der Waals surface area (Å²) >= 11 is 10.7. The number of halogens is 3. The first-order valence-electron chi connectivity index (χ1n) is 6.33. The summed E-state index contributed by atoms with van der Waals surface area (Å²) in [6, 6.07) is 8.55. The zero-order chi connectivity index (χ0) is 14.9. The highest BCUT2D eigenvalue weighted by atomic mass is 79.9. The largest absolute Gasteiger partial charge is 0.379 e. The van der Waals surface area contributed by atoms with Crippen molar-refractivity contribution in [1.82, 2.24) is 0 Å². The summed E-state index contributed by atoms with van der Waals surface area (Å²) in [5.41, 5.74) is 6.42. The summed E-state index contributed by atoms with van der Waals surface area (Å²) in [6.45, 7) is 7.29. The lowest BCUT2D eigenvalue weighted by atomic mass is 10.00. The molecule has 0 aliphatic carbocycles. The van der Waals surface area contributed by atoms with Gasteiger partial charge in [0.25, 0.3) is 0 Å². The van der Waals surface area contributed by atoms with Crippen molar-refractivity contribution in [2.75, 3.05) is 5.32 Å². The third kappa shape index (κ3) is 3.66. The van der Waals surface area contributed by atoms with Gasteiger partial charge in [-0.2, -0.15) is 0 Å². The van der Waals surface area contributed by atoms with Crippen LogP contribution in [0.4, 0.5) is 5.69 Å². The molecule has 0 heterocycles. The maximum Gasteiger partial charge on any atom is 0.0632 e. The SMILES string of the molecule is Cc1cc(C)c(CNc2c(Br)cc(Br)cc2Br)c(C)c1. The Labute approximate surface area is 145 Å². The zero-order valence-corrected chi connectivity index (χ0v) is 16.4. The molecule has 2 rings (SSSR count). The molecule has 4 heteroatoms. The van der Waals surface area contributed by atoms with E-state index in [0.29, 0.717) is 0 Å². The minimum atomic E-state index is 0.816. The molecule has 2 aromatic carbocycles. The second-order valence-electron chi connectivity index (χ2n) is 4.98. The van der Waals surface area contributed by atoms with Crippen molar-refractivity contribution in [3.05, 3.63) is 59.9 Å². The van der Waals surface area contributed by atoms with Crippen molar-refractivity contribution >= 4 is 53.5 Å². The minimum Gasteiger partial charge on any atom is -0.379 e. The number of rotatable bonds is 3. The first-order valence-corrected chi connectivity index (χ1v) is 8.71. The van der Waals surface area contributed by atoms with E-state index in [1.807, 2.05) is 12.1 Å². The van der Waals surface area contributed by atoms with E-state index in [9.17, 15) is 0 Å². The normalized spacial score (nSPS) is 10.7. The number of hydrogen-bond donors (Lipinski definition) is 1. The summed E-state index contributed by atoms with van der Waals surface area (Å²) in [5.74, 6) is 0. The van der Waals surface area contributed by atoms with Gasteiger partial charge in [0.05, 0.1) is 5.69 Å². The third-order valence-electron chi connectivity index (χ3n) is 3.29. The summed E-state index contributed by atoms with van der Waals surface area (Å²) < 4.78 is 3.13. The van der Waals surface area contributed by atoms with Crippen LogP contribution in [-0.4, -0.2) is 0 Å². The highest BCUT2D eigenvalue weighted by Crippen LogP contribution is 2.35. The van der Waals surface area contributed by atoms with Crippen LogP contribution in [0.15, 0.2) is 37.7 Å². The zero-order valence-electron chi connectivity index (χ0n) is 11.7. The van der Waals surface area contributed by atoms with Crippen molar-refractivity contribution in [3.8, 4) is 0 Å². The lowest BCUT2D eigenvalue weighted by Crippen LogP contribution is -2.05. The van der Waals surface area contributed by atoms with Crippen LogP contribution in [-0.2, 0) is 6.54 Å². The number of nitrogens with one attached hydrogen (secondary N) is 1. The first kappa shape index (κ1) is 16.1. The predicted octanol–water partition coefficient (Wildman–Crippen LogP) is 6.51. The Balaban J connectivity index is 2.26. The monoisotopic (exact) mass is 459 g/mol. The van der Waals surface area contributed by atoms with Crippen molar-refractivity contribution in [1.29, 1.82) is 0 Å². The van der Waals surface area contributed by atoms with Crippen molar-refractivity contribution in [2.24, 2.45) is 0 Å². The van der Waals surface area contributed by atoms with Crippen molar-refractivity contribution in [3.63, 3.8) is 0 Å². The molecule has 1 nitrogen and oxygen atoms in total. The lowest BCUT2D eigenvalue weighted by molar-refractivity contribution is 1.08. The van der Waals surface area contributed by atoms with Gasteiger partial charge in [-0.1, -0.05) is 33.6 Å². The standard InChI is InChI=1S/C16H16Br3N/c1-9-4-10(2)13(11(3)5-9)8-20-16-14(18)6-12(17)7-15(16)19/h4-7,20H,8H2,1-3H3. The highest BCUT2D eigenvalue weighted by Gasteiger charge is 2.09. The smallest absolute Gasteiger partial charge is 0.0632 e. The fourth-order valence-corrected chi connectivity index (χ4v) is 4.92. The van der Waals surface area contributed by atoms with Gasteiger partial charge in [0.1, 0.15) is 0 Å². The van der Waals surface area contributed by atoms with E-state index in [1.165, 1.54) is 22.3 Å². The van der Waals surface area contributed by atoms with Crippen LogP contribution in [0.1, 0.15) is 22.3 Å². The van der Waals surface area contributed by atoms with Crippen molar-refractivity contribution < 1.29 is 0 Å². The van der Waals surface area contributed by atoms with Gasteiger partial charge in [-0.15, -0.1) is 0 Å². The van der Waals surface area contributed by atoms with E-state index >= 15 is 0 Å². The van der Waals surface area contributed by atoms with Crippen LogP contribution in [0.25, 0.3) is 0 Å². The average molecular weight is 462 g/mol. The summed E-state index contributed by atoms with van der Waals surface area (Å²) in [5, 5.41) is 3.51. The molecule has 0 unspecified atom stereocenters. The fourth-order valence-electron chi connectivity index (χ4n) is 2.38. The molecule has 0 aliphatic heterocycles. The average Bonchev–Trinajstić information content (AvgIpc) is 2.30. The molecule has 0 radical (unpaired) electrons. The van der Waals surface area contributed by atoms with Gasteiger partial charge in [0.15, 0.2) is 0 Å². The molecule has 0 aromatic heterocycles. The number of benzene rings is 2. The second kappa shape index (κ2) is 6.63. The van der Waals surface area contributed by atoms with Crippen LogP contribution in [0.3, 0.4) is 0 Å². The summed E-state index contributed by atoms with van der Waals surface area (Å²) in [7, 11) is 0. The van der Waals surface area contributed by atoms with Crippen LogP contribution in [0.5, 0.6) is 0 Å². The van der Waals surface area contributed by atoms with Gasteiger partial charge < -0.3 is 5.32 Å². The van der Waals surface area contributed by atoms with Crippen LogP contribution in [0.2, 0.25) is 0 Å². The third-order valence-corrected chi connectivity index (χ3v) is 5.00. The number of hydrogen-bond acceptors (Lipinski definition) is 1. The molecule has 0 bridgehead atoms. The van der Waals surface area contributed by atoms with E-state index in [-0.39, 0.29) is 0 Å². The van der Waals surface area contributed by atoms with E-state index < -0.39 is 0 Å². The Bertz CT molecular complexity index is 547. The van der Waals surface area contributed by atoms with E-state index in [2.05, 4.69) is 86.0 Å². The molecule has 0 fully saturated rings. The number of anilines is 1. The second-order valence-corrected chi connectivity index (χ2v) is 7.60. The van der Waals surface area contributed by atoms with Gasteiger partial charge in [-0.25, -0.2) is 0 Å². The van der Waals surface area contributed by atoms with Crippen LogP contribution in [0, 0.1) is 20.8 Å². The van der Waals surface area contributed by atoms with Gasteiger partial charge in [-0.05, 0) is 81.5 Å². The molecule has 0 saturated carbocycles. The molecular formula is C16H16Br3N. The lowest BCUT2D eigenvalue weighted by Gasteiger charge is -2.15. The molecule has 0 saturated heterocycles. The van der Waals surface area contributed by atoms with Crippen LogP contribution >= 0.6 is 47.8 Å². The topological polar surface area (TPSA) is 12.0 Å². The molecule has 0 aliphatic rings. The summed E-state index contributed by atoms with van der Waals surface area (Å²) in [6.07, 6.45) is 0. The Morgan fingerprint density at radius 2 is 1.35 bits per heavy atom. The van der Waals surface area contributed by atoms with Gasteiger partial charge >= 0.3 is 0 Å². The van der Waals surface area contributed by atoms with Gasteiger partial charge in [0, 0.05) is 20.0 Å². The molecule has 1 N–H and O–H groups in total. The van der Waals surface area contributed by atoms with Crippen LogP contribution < -0.4 is 5.32 Å². The van der Waals surface area contributed by atoms with E-state index in [0.717, 1.165) is 25.7 Å². The van der Waals surface area contributed by atoms with E-state index in [1.54, 1.807) is 0 Å². The Hall–Kier alpha value is -0.320. The van der Waals surface area contributed by atoms with Crippen molar-refractivity contribution in [2.45, 2.75) is 27.3 Å². The summed E-state index contributed by atoms with van der Waals surface area (Å²) in [4.78, 5) is 0. The van der Waals surface area contributed by atoms with Gasteiger partial charge in [-0.3, -0.25) is 0 Å². The highest BCUT2D eigenvalue weighted by molar-refractivity contribution is 9.11. The Kier molecular flexibility index (Phi) is 5.32. The minimum absolute atomic E-state index is 0.816. The Morgan fingerprint density at radius 1 is 0.850 bits per heavy atom. The molecule has 20 heavy (non-hydrogen) atoms. The first-order chi connectivity index (χ1) is 9.38. The van der Waals surface area contributed by atoms with E-state index in [4.69, 9.17) is 0 Å². The predicted molar refractivity (Wildman–Crippen MR) is 97.5 cm³/mol. The maximum absolute atomic E-state index is 3.60. The molecule has 0 atom stereocenters. The molecule has 0 amide bonds. The Morgan fingerprint density at radius 3 is 1.85 bits per heavy atom. The molecular weight excluding hydrogens is 446 g/mol. The molecule has 106 valence electrons. The molecule has 0 spiro atoms. The quantitative estimate of drug-likeness (QED) is 0.549. The fraction of sp³-hybridized carbons (Fsp3) is 0.250. The van der Waals surface area contributed by atoms with Gasteiger partial charge in [0.2, 0.25) is 0 Å². The molecule has 2 aromatic rings. The maximum atomic E-state index is 3.60. The number of aryl methyl sites for hydroxylation is 3.